The monoisotopic (exact) mass is 413 g/mol. The summed E-state index contributed by atoms with van der Waals surface area (Å²) < 4.78 is 32.9. The molecule has 0 amide bonds. The molecule has 1 aliphatic carbocycles. The Morgan fingerprint density at radius 3 is 1.48 bits per heavy atom. The van der Waals surface area contributed by atoms with Crippen LogP contribution in [0.5, 0.6) is 0 Å². The molecule has 162 valence electrons. The maximum absolute atomic E-state index is 11.0. The predicted molar refractivity (Wildman–Crippen MR) is 94.6 cm³/mol. The van der Waals surface area contributed by atoms with Gasteiger partial charge in [0.2, 0.25) is 0 Å². The zero-order valence-electron chi connectivity index (χ0n) is 17.5. The number of nitrogens with two attached hydrogens (primary N) is 3. The number of rotatable bonds is 3. The molecule has 0 radical (unpaired) electrons. The summed E-state index contributed by atoms with van der Waals surface area (Å²) in [6.45, 7) is 2.25. The first-order chi connectivity index (χ1) is 12.1. The topological polar surface area (TPSA) is 187 Å². The fraction of sp³-hybridized carbons (Fsp3) is 0.750. The van der Waals surface area contributed by atoms with Crippen LogP contribution < -0.4 is 26.2 Å². The molecule has 0 aromatic rings. The highest BCUT2D eigenvalue weighted by molar-refractivity contribution is 7.89. The zero-order valence-corrected chi connectivity index (χ0v) is 18.3. The molecule has 27 heavy (non-hydrogen) atoms. The summed E-state index contributed by atoms with van der Waals surface area (Å²) in [6, 6.07) is 0. The van der Waals surface area contributed by atoms with Gasteiger partial charge in [0, 0.05) is 21.7 Å². The lowest BCUT2D eigenvalue weighted by atomic mass is 9.67. The molecular weight excluding hydrogens is 378 g/mol. The van der Waals surface area contributed by atoms with Gasteiger partial charge in [-0.15, -0.1) is 0 Å². The van der Waals surface area contributed by atoms with E-state index in [-0.39, 0.29) is 0 Å². The van der Waals surface area contributed by atoms with Crippen LogP contribution in [0.4, 0.5) is 0 Å². The fourth-order valence-electron chi connectivity index (χ4n) is 2.15. The standard InChI is InChI=1S/C10H14O7S.3C2H7N/c1-9(7(11)12)3-6(18(15,16)17)4-10(2,5-9)8(13)14;3*1-3-2/h3H,4-5H2,1-2H3,(H,11,12)(H,13,14)(H,15,16,17);3*3H,1-2H3. The highest BCUT2D eigenvalue weighted by Gasteiger charge is 2.42. The van der Waals surface area contributed by atoms with E-state index >= 15 is 0 Å². The van der Waals surface area contributed by atoms with Crippen molar-refractivity contribution in [1.82, 2.24) is 0 Å². The Morgan fingerprint density at radius 2 is 1.26 bits per heavy atom. The van der Waals surface area contributed by atoms with Crippen LogP contribution in [0.2, 0.25) is 0 Å². The Labute approximate surface area is 162 Å². The molecule has 6 N–H and O–H groups in total. The molecule has 2 atom stereocenters. The maximum atomic E-state index is 11.0. The van der Waals surface area contributed by atoms with Crippen molar-refractivity contribution in [3.8, 4) is 0 Å². The van der Waals surface area contributed by atoms with Crippen LogP contribution in [-0.4, -0.2) is 67.2 Å². The van der Waals surface area contributed by atoms with Gasteiger partial charge >= 0.3 is 0 Å². The van der Waals surface area contributed by atoms with E-state index in [9.17, 15) is 32.8 Å². The smallest absolute Gasteiger partial charge is 0.120 e. The van der Waals surface area contributed by atoms with Crippen molar-refractivity contribution >= 4 is 22.1 Å². The van der Waals surface area contributed by atoms with E-state index < -0.39 is 50.6 Å². The quantitative estimate of drug-likeness (QED) is 0.384. The molecule has 1 rings (SSSR count). The molecule has 0 saturated heterocycles. The Kier molecular flexibility index (Phi) is 15.2. The number of aliphatic carboxylic acids is 2. The number of hydrogen-bond donors (Lipinski definition) is 3. The first-order valence-electron chi connectivity index (χ1n) is 8.48. The number of carbonyl (C=O) groups is 2. The van der Waals surface area contributed by atoms with Gasteiger partial charge in [-0.3, -0.25) is 0 Å². The number of carboxylic acid groups (broad SMARTS) is 2. The van der Waals surface area contributed by atoms with Crippen LogP contribution in [0, 0.1) is 10.8 Å². The minimum absolute atomic E-state index is 0.399. The van der Waals surface area contributed by atoms with E-state index in [0.29, 0.717) is 0 Å². The third-order valence-corrected chi connectivity index (χ3v) is 3.99. The van der Waals surface area contributed by atoms with E-state index in [1.165, 1.54) is 0 Å². The minimum Gasteiger partial charge on any atom is -0.744 e. The summed E-state index contributed by atoms with van der Waals surface area (Å²) in [5.41, 5.74) is -3.57. The number of hydrogen-bond acceptors (Lipinski definition) is 7. The number of carbonyl (C=O) groups excluding carboxylic acids is 2. The van der Waals surface area contributed by atoms with Crippen molar-refractivity contribution in [1.29, 1.82) is 0 Å². The van der Waals surface area contributed by atoms with Crippen molar-refractivity contribution in [2.24, 2.45) is 10.8 Å². The lowest BCUT2D eigenvalue weighted by Crippen LogP contribution is -2.74. The van der Waals surface area contributed by atoms with Gasteiger partial charge in [0.05, 0.1) is 48.3 Å². The van der Waals surface area contributed by atoms with Gasteiger partial charge in [0.15, 0.2) is 0 Å². The first kappa shape index (κ1) is 30.2. The van der Waals surface area contributed by atoms with E-state index in [1.54, 1.807) is 0 Å². The average molecular weight is 414 g/mol. The molecule has 0 aromatic heterocycles. The number of allylic oxidation sites excluding steroid dienone is 1. The number of quaternary nitrogens is 3. The lowest BCUT2D eigenvalue weighted by molar-refractivity contribution is -0.597. The molecule has 2 unspecified atom stereocenters. The molecular formula is C16H35N3O7S. The summed E-state index contributed by atoms with van der Waals surface area (Å²) in [5.74, 6) is -3.25. The van der Waals surface area contributed by atoms with Crippen molar-refractivity contribution in [3.05, 3.63) is 11.0 Å². The van der Waals surface area contributed by atoms with Crippen molar-refractivity contribution in [2.75, 3.05) is 42.3 Å². The highest BCUT2D eigenvalue weighted by atomic mass is 32.2. The Bertz CT molecular complexity index is 588. The van der Waals surface area contributed by atoms with E-state index in [4.69, 9.17) is 0 Å². The van der Waals surface area contributed by atoms with Gasteiger partial charge in [-0.2, -0.15) is 0 Å². The van der Waals surface area contributed by atoms with Crippen LogP contribution >= 0.6 is 0 Å². The third kappa shape index (κ3) is 11.7. The molecule has 10 nitrogen and oxygen atoms in total. The predicted octanol–water partition coefficient (Wildman–Crippen LogP) is -5.85. The molecule has 0 spiro atoms. The lowest BCUT2D eigenvalue weighted by Gasteiger charge is -2.44. The summed E-state index contributed by atoms with van der Waals surface area (Å²) >= 11 is 0. The second kappa shape index (κ2) is 13.6. The van der Waals surface area contributed by atoms with Crippen LogP contribution in [0.15, 0.2) is 11.0 Å². The van der Waals surface area contributed by atoms with E-state index in [1.807, 2.05) is 58.2 Å². The largest absolute Gasteiger partial charge is 0.744 e. The highest BCUT2D eigenvalue weighted by Crippen LogP contribution is 2.45. The summed E-state index contributed by atoms with van der Waals surface area (Å²) in [6.07, 6.45) is -0.219. The molecule has 0 aliphatic heterocycles. The molecule has 0 fully saturated rings. The van der Waals surface area contributed by atoms with Gasteiger partial charge in [-0.25, -0.2) is 8.42 Å². The van der Waals surface area contributed by atoms with Gasteiger partial charge in [-0.1, -0.05) is 19.9 Å². The minimum atomic E-state index is -4.91. The van der Waals surface area contributed by atoms with Crippen molar-refractivity contribution in [2.45, 2.75) is 26.7 Å². The normalized spacial score (nSPS) is 23.8. The average Bonchev–Trinajstić information content (AvgIpc) is 2.47. The van der Waals surface area contributed by atoms with Crippen molar-refractivity contribution in [3.63, 3.8) is 0 Å². The Hall–Kier alpha value is -1.53. The van der Waals surface area contributed by atoms with Crippen LogP contribution in [-0.2, 0) is 19.7 Å². The number of carboxylic acids is 2. The molecule has 0 heterocycles. The van der Waals surface area contributed by atoms with E-state index in [0.717, 1.165) is 19.9 Å². The summed E-state index contributed by atoms with van der Waals surface area (Å²) in [5, 5.41) is 28.0. The Morgan fingerprint density at radius 1 is 0.926 bits per heavy atom. The molecule has 11 heteroatoms. The zero-order chi connectivity index (χ0) is 22.5. The van der Waals surface area contributed by atoms with Crippen LogP contribution in [0.3, 0.4) is 0 Å². The van der Waals surface area contributed by atoms with Gasteiger partial charge in [0.25, 0.3) is 0 Å². The second-order valence-electron chi connectivity index (χ2n) is 6.70. The summed E-state index contributed by atoms with van der Waals surface area (Å²) in [7, 11) is 7.09. The maximum Gasteiger partial charge on any atom is 0.120 e. The molecule has 0 bridgehead atoms. The van der Waals surface area contributed by atoms with Crippen molar-refractivity contribution < 1.29 is 48.7 Å². The van der Waals surface area contributed by atoms with Gasteiger partial charge < -0.3 is 40.3 Å². The van der Waals surface area contributed by atoms with Gasteiger partial charge in [0.1, 0.15) is 10.1 Å². The molecule has 0 aromatic carbocycles. The molecule has 0 saturated carbocycles. The van der Waals surface area contributed by atoms with Crippen LogP contribution in [0.25, 0.3) is 0 Å². The second-order valence-corrected chi connectivity index (χ2v) is 8.14. The summed E-state index contributed by atoms with van der Waals surface area (Å²) in [4.78, 5) is 21.2. The molecule has 1 aliphatic rings. The SMILES string of the molecule is CC1(C(=O)[O-])C=C(S(=O)(=O)[O-])CC(C)(C(=O)[O-])C1.C[NH2+]C.C[NH2+]C.C[NH2+]C. The Balaban J connectivity index is -0.000000540. The fourth-order valence-corrected chi connectivity index (χ4v) is 3.05. The van der Waals surface area contributed by atoms with Crippen LogP contribution in [0.1, 0.15) is 26.7 Å². The van der Waals surface area contributed by atoms with Gasteiger partial charge in [-0.05, 0) is 12.8 Å². The van der Waals surface area contributed by atoms with E-state index in [2.05, 4.69) is 0 Å². The first-order valence-corrected chi connectivity index (χ1v) is 9.88. The third-order valence-electron chi connectivity index (χ3n) is 3.08.